The van der Waals surface area contributed by atoms with E-state index in [4.69, 9.17) is 9.47 Å². The molecule has 0 bridgehead atoms. The van der Waals surface area contributed by atoms with Crippen molar-refractivity contribution in [3.63, 3.8) is 0 Å². The zero-order chi connectivity index (χ0) is 19.5. The van der Waals surface area contributed by atoms with E-state index in [0.717, 1.165) is 4.90 Å². The van der Waals surface area contributed by atoms with Crippen LogP contribution in [-0.4, -0.2) is 42.5 Å². The summed E-state index contributed by atoms with van der Waals surface area (Å²) in [5, 5.41) is 0. The van der Waals surface area contributed by atoms with Crippen LogP contribution >= 0.6 is 0 Å². The number of carbonyl (C=O) groups excluding carboxylic acids is 3. The second-order valence-corrected chi connectivity index (χ2v) is 6.97. The van der Waals surface area contributed by atoms with Crippen LogP contribution in [0.3, 0.4) is 0 Å². The third-order valence-electron chi connectivity index (χ3n) is 3.49. The Hall–Kier alpha value is -2.51. The maximum Gasteiger partial charge on any atom is 0.342 e. The Balaban J connectivity index is 1.82. The van der Waals surface area contributed by atoms with Gasteiger partial charge in [-0.2, -0.15) is 8.78 Å². The first-order chi connectivity index (χ1) is 12.0. The summed E-state index contributed by atoms with van der Waals surface area (Å²) in [6.07, 6.45) is 0.416. The molecule has 0 radical (unpaired) electrons. The molecule has 0 N–H and O–H groups in total. The van der Waals surface area contributed by atoms with Crippen molar-refractivity contribution in [3.05, 3.63) is 29.8 Å². The van der Waals surface area contributed by atoms with Crippen molar-refractivity contribution in [2.75, 3.05) is 18.1 Å². The van der Waals surface area contributed by atoms with Gasteiger partial charge in [0.05, 0.1) is 18.7 Å². The summed E-state index contributed by atoms with van der Waals surface area (Å²) in [4.78, 5) is 35.8. The van der Waals surface area contributed by atoms with E-state index < -0.39 is 29.9 Å². The fourth-order valence-corrected chi connectivity index (χ4v) is 2.31. The molecule has 1 saturated heterocycles. The van der Waals surface area contributed by atoms with E-state index in [1.165, 1.54) is 24.3 Å². The van der Waals surface area contributed by atoms with Crippen LogP contribution in [0.5, 0.6) is 0 Å². The molecular weight excluding hydrogens is 348 g/mol. The zero-order valence-corrected chi connectivity index (χ0v) is 14.9. The summed E-state index contributed by atoms with van der Waals surface area (Å²) in [5.74, 6) is -5.68. The molecule has 1 aromatic carbocycles. The number of rotatable bonds is 6. The van der Waals surface area contributed by atoms with Crippen LogP contribution < -0.4 is 4.90 Å². The lowest BCUT2D eigenvalue weighted by molar-refractivity contribution is -0.155. The van der Waals surface area contributed by atoms with Gasteiger partial charge in [0.2, 0.25) is 0 Å². The third kappa shape index (κ3) is 5.00. The lowest BCUT2D eigenvalue weighted by atomic mass is 10.1. The Bertz CT molecular complexity index is 712. The molecule has 0 aliphatic carbocycles. The molecule has 0 saturated carbocycles. The molecule has 1 aliphatic rings. The molecule has 1 fully saturated rings. The minimum atomic E-state index is -3.35. The average Bonchev–Trinajstić information content (AvgIpc) is 2.54. The fraction of sp³-hybridized carbons (Fsp3) is 0.500. The van der Waals surface area contributed by atoms with Gasteiger partial charge in [-0.15, -0.1) is 0 Å². The maximum absolute atomic E-state index is 13.0. The summed E-state index contributed by atoms with van der Waals surface area (Å²) in [6, 6.07) is 5.73. The Morgan fingerprint density at radius 1 is 1.27 bits per heavy atom. The second-order valence-electron chi connectivity index (χ2n) is 6.97. The van der Waals surface area contributed by atoms with Gasteiger partial charge >= 0.3 is 17.9 Å². The number of ether oxygens (including phenoxy) is 2. The van der Waals surface area contributed by atoms with Crippen LogP contribution in [0, 0.1) is 0 Å². The van der Waals surface area contributed by atoms with Gasteiger partial charge in [-0.25, -0.2) is 4.79 Å². The Morgan fingerprint density at radius 2 is 1.96 bits per heavy atom. The van der Waals surface area contributed by atoms with Gasteiger partial charge < -0.3 is 14.4 Å². The first kappa shape index (κ1) is 19.8. The van der Waals surface area contributed by atoms with Gasteiger partial charge in [-0.1, -0.05) is 6.07 Å². The summed E-state index contributed by atoms with van der Waals surface area (Å²) in [5.41, 5.74) is -0.217. The molecule has 26 heavy (non-hydrogen) atoms. The maximum atomic E-state index is 13.0. The summed E-state index contributed by atoms with van der Waals surface area (Å²) in [7, 11) is 0. The molecule has 0 atom stereocenters. The molecule has 0 aromatic heterocycles. The van der Waals surface area contributed by atoms with Crippen molar-refractivity contribution >= 4 is 23.5 Å². The topological polar surface area (TPSA) is 72.9 Å². The molecule has 1 amide bonds. The zero-order valence-electron chi connectivity index (χ0n) is 14.9. The normalized spacial score (nSPS) is 16.0. The number of hydrogen-bond donors (Lipinski definition) is 0. The molecule has 142 valence electrons. The average molecular weight is 369 g/mol. The minimum Gasteiger partial charge on any atom is -0.462 e. The predicted molar refractivity (Wildman–Crippen MR) is 89.1 cm³/mol. The summed E-state index contributed by atoms with van der Waals surface area (Å²) < 4.78 is 36.2. The lowest BCUT2D eigenvalue weighted by Crippen LogP contribution is -2.62. The van der Waals surface area contributed by atoms with Crippen LogP contribution in [0.1, 0.15) is 44.0 Å². The first-order valence-electron chi connectivity index (χ1n) is 8.18. The predicted octanol–water partition coefficient (Wildman–Crippen LogP) is 2.95. The minimum absolute atomic E-state index is 0.0169. The summed E-state index contributed by atoms with van der Waals surface area (Å²) >= 11 is 0. The van der Waals surface area contributed by atoms with Gasteiger partial charge in [-0.3, -0.25) is 9.59 Å². The van der Waals surface area contributed by atoms with E-state index in [0.29, 0.717) is 6.42 Å². The number of anilines is 1. The van der Waals surface area contributed by atoms with Crippen molar-refractivity contribution in [3.8, 4) is 0 Å². The van der Waals surface area contributed by atoms with Gasteiger partial charge in [0.15, 0.2) is 0 Å². The molecular formula is C18H21F2NO5. The highest BCUT2D eigenvalue weighted by Gasteiger charge is 2.54. The molecule has 0 unspecified atom stereocenters. The van der Waals surface area contributed by atoms with Crippen molar-refractivity contribution in [1.29, 1.82) is 0 Å². The monoisotopic (exact) mass is 369 g/mol. The van der Waals surface area contributed by atoms with Crippen molar-refractivity contribution in [2.45, 2.75) is 45.1 Å². The van der Waals surface area contributed by atoms with Crippen molar-refractivity contribution < 1.29 is 32.6 Å². The third-order valence-corrected chi connectivity index (χ3v) is 3.49. The summed E-state index contributed by atoms with van der Waals surface area (Å²) in [6.45, 7) is 4.59. The number of nitrogens with zero attached hydrogens (tertiary/aromatic N) is 1. The molecule has 0 spiro atoms. The van der Waals surface area contributed by atoms with Crippen LogP contribution in [0.2, 0.25) is 0 Å². The number of benzene rings is 1. The SMILES string of the molecule is CC(C)(C)OC(=O)CCCOC(=O)c1cccc(N2CC(F)(F)C2=O)c1. The fourth-order valence-electron chi connectivity index (χ4n) is 2.31. The number of β-lactam (4-membered cyclic amide) rings is 1. The standard InChI is InChI=1S/C18H21F2NO5/c1-17(2,3)26-14(22)8-5-9-25-15(23)12-6-4-7-13(10-12)21-11-18(19,20)16(21)24/h4,6-7,10H,5,8-9,11H2,1-3H3. The van der Waals surface area contributed by atoms with Gasteiger partial charge in [0.1, 0.15) is 5.60 Å². The molecule has 2 rings (SSSR count). The van der Waals surface area contributed by atoms with E-state index in [1.807, 2.05) is 0 Å². The van der Waals surface area contributed by atoms with E-state index in [9.17, 15) is 23.2 Å². The Morgan fingerprint density at radius 3 is 2.54 bits per heavy atom. The molecule has 1 aromatic rings. The largest absolute Gasteiger partial charge is 0.462 e. The molecule has 1 heterocycles. The smallest absolute Gasteiger partial charge is 0.342 e. The van der Waals surface area contributed by atoms with E-state index in [-0.39, 0.29) is 30.2 Å². The van der Waals surface area contributed by atoms with Crippen LogP contribution in [0.15, 0.2) is 24.3 Å². The quantitative estimate of drug-likeness (QED) is 0.438. The van der Waals surface area contributed by atoms with E-state index in [1.54, 1.807) is 20.8 Å². The van der Waals surface area contributed by atoms with Crippen LogP contribution in [-0.2, 0) is 19.1 Å². The highest BCUT2D eigenvalue weighted by molar-refractivity contribution is 6.06. The number of alkyl halides is 2. The second kappa shape index (κ2) is 7.39. The number of amides is 1. The lowest BCUT2D eigenvalue weighted by Gasteiger charge is -2.37. The Labute approximate surface area is 150 Å². The highest BCUT2D eigenvalue weighted by atomic mass is 19.3. The first-order valence-corrected chi connectivity index (χ1v) is 8.18. The van der Waals surface area contributed by atoms with Gasteiger partial charge in [-0.05, 0) is 45.4 Å². The number of carbonyl (C=O) groups is 3. The number of halogens is 2. The van der Waals surface area contributed by atoms with Crippen molar-refractivity contribution in [2.24, 2.45) is 0 Å². The number of esters is 2. The number of hydrogen-bond acceptors (Lipinski definition) is 5. The van der Waals surface area contributed by atoms with E-state index >= 15 is 0 Å². The van der Waals surface area contributed by atoms with Gasteiger partial charge in [0, 0.05) is 12.1 Å². The molecule has 8 heteroatoms. The van der Waals surface area contributed by atoms with Crippen molar-refractivity contribution in [1.82, 2.24) is 0 Å². The Kier molecular flexibility index (Phi) is 5.63. The van der Waals surface area contributed by atoms with Crippen LogP contribution in [0.4, 0.5) is 14.5 Å². The van der Waals surface area contributed by atoms with E-state index in [2.05, 4.69) is 0 Å². The highest BCUT2D eigenvalue weighted by Crippen LogP contribution is 2.33. The van der Waals surface area contributed by atoms with Crippen LogP contribution in [0.25, 0.3) is 0 Å². The van der Waals surface area contributed by atoms with Gasteiger partial charge in [0.25, 0.3) is 5.91 Å². The molecule has 1 aliphatic heterocycles. The molecule has 6 nitrogen and oxygen atoms in total.